The van der Waals surface area contributed by atoms with Crippen molar-refractivity contribution in [3.63, 3.8) is 0 Å². The Kier molecular flexibility index (Phi) is 12.2. The summed E-state index contributed by atoms with van der Waals surface area (Å²) < 4.78 is 14.9. The molecule has 3 aliphatic rings. The molecule has 0 radical (unpaired) electrons. The lowest BCUT2D eigenvalue weighted by Gasteiger charge is -2.42. The summed E-state index contributed by atoms with van der Waals surface area (Å²) >= 11 is 11.9. The Morgan fingerprint density at radius 3 is 2.39 bits per heavy atom. The zero-order valence-electron chi connectivity index (χ0n) is 28.2. The van der Waals surface area contributed by atoms with Crippen molar-refractivity contribution in [2.75, 3.05) is 31.5 Å². The summed E-state index contributed by atoms with van der Waals surface area (Å²) in [7, 11) is 0. The second kappa shape index (κ2) is 16.2. The van der Waals surface area contributed by atoms with E-state index in [2.05, 4.69) is 15.5 Å². The minimum absolute atomic E-state index is 0.00187. The third-order valence-corrected chi connectivity index (χ3v) is 10.9. The molecule has 3 N–H and O–H groups in total. The molecule has 4 amide bonds. The maximum absolute atomic E-state index is 14.9. The van der Waals surface area contributed by atoms with Crippen LogP contribution in [0.5, 0.6) is 0 Å². The molecule has 5 rings (SSSR count). The first-order valence-electron chi connectivity index (χ1n) is 17.2. The lowest BCUT2D eigenvalue weighted by atomic mass is 9.90. The van der Waals surface area contributed by atoms with Gasteiger partial charge >= 0.3 is 0 Å². The van der Waals surface area contributed by atoms with Crippen LogP contribution in [0.3, 0.4) is 0 Å². The van der Waals surface area contributed by atoms with Gasteiger partial charge in [-0.3, -0.25) is 19.2 Å². The predicted molar refractivity (Wildman–Crippen MR) is 187 cm³/mol. The average molecular weight is 719 g/mol. The van der Waals surface area contributed by atoms with E-state index in [4.69, 9.17) is 23.2 Å². The highest BCUT2D eigenvalue weighted by molar-refractivity contribution is 6.42. The Hall–Kier alpha value is -3.25. The molecule has 2 unspecified atom stereocenters. The van der Waals surface area contributed by atoms with E-state index < -0.39 is 29.7 Å². The molecule has 3 aliphatic heterocycles. The molecule has 2 saturated heterocycles. The number of likely N-dealkylation sites (tertiary alicyclic amines) is 2. The number of fused-ring (bicyclic) bond motifs is 1. The van der Waals surface area contributed by atoms with Crippen LogP contribution in [0.25, 0.3) is 0 Å². The van der Waals surface area contributed by atoms with Gasteiger partial charge in [0, 0.05) is 57.5 Å². The van der Waals surface area contributed by atoms with Gasteiger partial charge in [-0.15, -0.1) is 0 Å². The van der Waals surface area contributed by atoms with Crippen molar-refractivity contribution in [2.45, 2.75) is 102 Å². The first-order chi connectivity index (χ1) is 23.3. The Labute approximate surface area is 297 Å². The minimum atomic E-state index is -1.08. The van der Waals surface area contributed by atoms with E-state index in [1.54, 1.807) is 0 Å². The molecule has 2 fully saturated rings. The summed E-state index contributed by atoms with van der Waals surface area (Å²) in [4.78, 5) is 60.3. The van der Waals surface area contributed by atoms with Crippen LogP contribution in [0.15, 0.2) is 36.4 Å². The van der Waals surface area contributed by atoms with Crippen LogP contribution < -0.4 is 10.6 Å². The molecule has 2 atom stereocenters. The zero-order valence-corrected chi connectivity index (χ0v) is 29.7. The molecule has 0 spiro atoms. The number of aliphatic hydroxyl groups excluding tert-OH is 1. The summed E-state index contributed by atoms with van der Waals surface area (Å²) in [6.45, 7) is 6.67. The van der Waals surface area contributed by atoms with Gasteiger partial charge in [0.05, 0.1) is 21.8 Å². The average Bonchev–Trinajstić information content (AvgIpc) is 3.08. The molecule has 0 aliphatic carbocycles. The molecule has 0 aromatic heterocycles. The van der Waals surface area contributed by atoms with Gasteiger partial charge in [-0.05, 0) is 75.6 Å². The number of halogens is 3. The molecule has 266 valence electrons. The number of anilines is 1. The van der Waals surface area contributed by atoms with Crippen LogP contribution in [0.1, 0.15) is 76.3 Å². The molecule has 2 aromatic rings. The third kappa shape index (κ3) is 9.11. The normalized spacial score (nSPS) is 20.3. The van der Waals surface area contributed by atoms with Crippen molar-refractivity contribution in [3.8, 4) is 0 Å². The number of amides is 4. The monoisotopic (exact) mass is 717 g/mol. The van der Waals surface area contributed by atoms with Gasteiger partial charge in [0.15, 0.2) is 5.82 Å². The highest BCUT2D eigenvalue weighted by Crippen LogP contribution is 2.31. The molecule has 13 heteroatoms. The van der Waals surface area contributed by atoms with Crippen LogP contribution in [-0.4, -0.2) is 93.3 Å². The maximum Gasteiger partial charge on any atom is 0.247 e. The topological polar surface area (TPSA) is 122 Å². The fourth-order valence-corrected chi connectivity index (χ4v) is 7.38. The smallest absolute Gasteiger partial charge is 0.247 e. The molecule has 10 nitrogen and oxygen atoms in total. The van der Waals surface area contributed by atoms with Gasteiger partial charge in [0.25, 0.3) is 0 Å². The first-order valence-corrected chi connectivity index (χ1v) is 17.9. The Balaban J connectivity index is 1.33. The number of nitrogens with zero attached hydrogens (tertiary/aromatic N) is 3. The number of carbonyl (C=O) groups is 4. The summed E-state index contributed by atoms with van der Waals surface area (Å²) in [5.74, 6) is -2.45. The molecular weight excluding hydrogens is 672 g/mol. The fraction of sp³-hybridized carbons (Fsp3) is 0.556. The van der Waals surface area contributed by atoms with E-state index in [0.717, 1.165) is 30.4 Å². The van der Waals surface area contributed by atoms with Crippen molar-refractivity contribution in [2.24, 2.45) is 0 Å². The number of hydrogen-bond acceptors (Lipinski definition) is 6. The third-order valence-electron chi connectivity index (χ3n) is 10.1. The predicted octanol–water partition coefficient (Wildman–Crippen LogP) is 4.93. The Morgan fingerprint density at radius 1 is 0.980 bits per heavy atom. The number of nitrogens with one attached hydrogen (secondary N) is 2. The second-order valence-electron chi connectivity index (χ2n) is 14.0. The summed E-state index contributed by atoms with van der Waals surface area (Å²) in [6.07, 6.45) is 4.17. The molecular formula is C36H46Cl2FN5O5. The SMILES string of the molecule is CC1(C)CCCCN1C(=O)CCC(=O)N1Cc2ccccc2CC1C(=O)NC(CCN1CCC(O)CC1)C(=O)Nc1ccc(Cl)c(Cl)c1F. The van der Waals surface area contributed by atoms with Gasteiger partial charge in [-0.25, -0.2) is 4.39 Å². The van der Waals surface area contributed by atoms with Crippen molar-refractivity contribution in [3.05, 3.63) is 63.4 Å². The first kappa shape index (κ1) is 37.0. The quantitative estimate of drug-likeness (QED) is 0.300. The minimum Gasteiger partial charge on any atom is -0.393 e. The molecule has 0 saturated carbocycles. The van der Waals surface area contributed by atoms with E-state index in [9.17, 15) is 28.7 Å². The number of piperidine rings is 2. The van der Waals surface area contributed by atoms with Gasteiger partial charge in [0.1, 0.15) is 12.1 Å². The summed E-state index contributed by atoms with van der Waals surface area (Å²) in [5.41, 5.74) is 1.39. The maximum atomic E-state index is 14.9. The van der Waals surface area contributed by atoms with Crippen LogP contribution in [0.4, 0.5) is 10.1 Å². The van der Waals surface area contributed by atoms with E-state index in [-0.39, 0.29) is 71.4 Å². The zero-order chi connectivity index (χ0) is 35.3. The molecule has 2 aromatic carbocycles. The number of rotatable bonds is 10. The lowest BCUT2D eigenvalue weighted by Crippen LogP contribution is -2.56. The van der Waals surface area contributed by atoms with Crippen LogP contribution in [0, 0.1) is 5.82 Å². The van der Waals surface area contributed by atoms with Gasteiger partial charge in [-0.2, -0.15) is 0 Å². The van der Waals surface area contributed by atoms with Crippen LogP contribution >= 0.6 is 23.2 Å². The molecule has 49 heavy (non-hydrogen) atoms. The summed E-state index contributed by atoms with van der Waals surface area (Å²) in [5, 5.41) is 15.0. The second-order valence-corrected chi connectivity index (χ2v) is 14.7. The van der Waals surface area contributed by atoms with E-state index in [1.165, 1.54) is 17.0 Å². The Morgan fingerprint density at radius 2 is 1.67 bits per heavy atom. The van der Waals surface area contributed by atoms with Crippen LogP contribution in [-0.2, 0) is 32.1 Å². The fourth-order valence-electron chi connectivity index (χ4n) is 7.07. The van der Waals surface area contributed by atoms with Crippen molar-refractivity contribution in [1.82, 2.24) is 20.0 Å². The largest absolute Gasteiger partial charge is 0.393 e. The Bertz CT molecular complexity index is 1550. The van der Waals surface area contributed by atoms with Crippen molar-refractivity contribution >= 4 is 52.5 Å². The number of carbonyl (C=O) groups excluding carboxylic acids is 4. The molecule has 0 bridgehead atoms. The van der Waals surface area contributed by atoms with Crippen molar-refractivity contribution in [1.29, 1.82) is 0 Å². The van der Waals surface area contributed by atoms with E-state index >= 15 is 0 Å². The highest BCUT2D eigenvalue weighted by atomic mass is 35.5. The highest BCUT2D eigenvalue weighted by Gasteiger charge is 2.38. The number of aliphatic hydroxyl groups is 1. The molecule has 3 heterocycles. The van der Waals surface area contributed by atoms with Crippen LogP contribution in [0.2, 0.25) is 10.0 Å². The number of benzene rings is 2. The summed E-state index contributed by atoms with van der Waals surface area (Å²) in [6, 6.07) is 8.26. The van der Waals surface area contributed by atoms with E-state index in [0.29, 0.717) is 39.0 Å². The van der Waals surface area contributed by atoms with Gasteiger partial charge in [0.2, 0.25) is 23.6 Å². The van der Waals surface area contributed by atoms with Gasteiger partial charge < -0.3 is 30.4 Å². The standard InChI is InChI=1S/C36H46Cl2FN5O5/c1-36(2)16-5-6-17-44(36)31(47)12-11-30(46)43-22-24-8-4-3-7-23(24)21-29(43)35(49)41-28(15-20-42-18-13-25(45)14-19-42)34(48)40-27-10-9-26(37)32(38)33(27)39/h3-4,7-10,25,28-29,45H,5-6,11-22H2,1-2H3,(H,40,48)(H,41,49). The number of hydrogen-bond donors (Lipinski definition) is 3. The van der Waals surface area contributed by atoms with Gasteiger partial charge in [-0.1, -0.05) is 47.5 Å². The van der Waals surface area contributed by atoms with E-state index in [1.807, 2.05) is 43.0 Å². The lowest BCUT2D eigenvalue weighted by molar-refractivity contribution is -0.145. The van der Waals surface area contributed by atoms with Crippen molar-refractivity contribution < 1.29 is 28.7 Å².